The van der Waals surface area contributed by atoms with E-state index in [2.05, 4.69) is 0 Å². The van der Waals surface area contributed by atoms with Crippen molar-refractivity contribution in [3.63, 3.8) is 0 Å². The molecule has 0 aromatic carbocycles. The van der Waals surface area contributed by atoms with Gasteiger partial charge >= 0.3 is 0 Å². The van der Waals surface area contributed by atoms with Gasteiger partial charge < -0.3 is 5.11 Å². The molecule has 1 heteroatoms. The van der Waals surface area contributed by atoms with E-state index < -0.39 is 13.4 Å². The predicted octanol–water partition coefficient (Wildman–Crippen LogP) is 4.40. The standard InChI is InChI=1S/C15H26O/c1-13(2)7-5-8-14(3)9-6-10-15(4)11-12-16/h7,9,11,16H,5-6,8,10,12H2,1-4H3/i1D3,11D,12D2. The smallest absolute Gasteiger partial charge is 0.0614 e. The number of rotatable bonds is 7. The van der Waals surface area contributed by atoms with Crippen molar-refractivity contribution < 1.29 is 13.3 Å². The Morgan fingerprint density at radius 1 is 1.19 bits per heavy atom. The van der Waals surface area contributed by atoms with Crippen LogP contribution in [0.3, 0.4) is 0 Å². The van der Waals surface area contributed by atoms with Crippen molar-refractivity contribution in [1.82, 2.24) is 0 Å². The van der Waals surface area contributed by atoms with Gasteiger partial charge in [0.05, 0.1) is 10.7 Å². The molecule has 0 aliphatic rings. The maximum absolute atomic E-state index is 9.12. The molecule has 0 spiro atoms. The highest BCUT2D eigenvalue weighted by molar-refractivity contribution is 5.05. The Morgan fingerprint density at radius 2 is 1.81 bits per heavy atom. The third kappa shape index (κ3) is 9.72. The Morgan fingerprint density at radius 3 is 2.44 bits per heavy atom. The van der Waals surface area contributed by atoms with E-state index >= 15 is 0 Å². The van der Waals surface area contributed by atoms with Crippen LogP contribution in [0.5, 0.6) is 0 Å². The normalized spacial score (nSPS) is 22.2. The fourth-order valence-corrected chi connectivity index (χ4v) is 1.31. The summed E-state index contributed by atoms with van der Waals surface area (Å²) in [4.78, 5) is 0. The van der Waals surface area contributed by atoms with Crippen LogP contribution in [0.15, 0.2) is 34.9 Å². The minimum atomic E-state index is -2.58. The van der Waals surface area contributed by atoms with Crippen LogP contribution in [0.1, 0.15) is 61.5 Å². The molecule has 0 heterocycles. The maximum Gasteiger partial charge on any atom is 0.0614 e. The van der Waals surface area contributed by atoms with Gasteiger partial charge in [0.2, 0.25) is 0 Å². The fourth-order valence-electron chi connectivity index (χ4n) is 1.31. The first-order chi connectivity index (χ1) is 9.85. The molecular formula is C15H26O. The molecular weight excluding hydrogens is 196 g/mol. The van der Waals surface area contributed by atoms with E-state index in [4.69, 9.17) is 13.3 Å². The zero-order valence-corrected chi connectivity index (χ0v) is 10.4. The van der Waals surface area contributed by atoms with E-state index in [-0.39, 0.29) is 6.05 Å². The Kier molecular flexibility index (Phi) is 4.41. The molecule has 0 saturated heterocycles. The topological polar surface area (TPSA) is 20.2 Å². The molecule has 0 aromatic heterocycles. The first kappa shape index (κ1) is 7.50. The molecule has 92 valence electrons. The molecule has 0 atom stereocenters. The number of aliphatic hydroxyl groups is 1. The van der Waals surface area contributed by atoms with Crippen LogP contribution in [0.25, 0.3) is 0 Å². The van der Waals surface area contributed by atoms with Gasteiger partial charge in [-0.25, -0.2) is 0 Å². The lowest BCUT2D eigenvalue weighted by Gasteiger charge is -2.00. The second-order valence-corrected chi connectivity index (χ2v) is 4.03. The number of allylic oxidation sites excluding steroid dienone is 5. The molecule has 0 unspecified atom stereocenters. The predicted molar refractivity (Wildman–Crippen MR) is 72.5 cm³/mol. The van der Waals surface area contributed by atoms with Crippen molar-refractivity contribution in [3.8, 4) is 0 Å². The molecule has 16 heavy (non-hydrogen) atoms. The van der Waals surface area contributed by atoms with Crippen molar-refractivity contribution in [3.05, 3.63) is 34.9 Å². The van der Waals surface area contributed by atoms with Crippen molar-refractivity contribution >= 4 is 0 Å². The molecule has 0 aromatic rings. The summed E-state index contributed by atoms with van der Waals surface area (Å²) in [6.45, 7) is 0.610. The largest absolute Gasteiger partial charge is 0.392 e. The third-order valence-electron chi connectivity index (χ3n) is 2.27. The van der Waals surface area contributed by atoms with E-state index in [1.165, 1.54) is 0 Å². The van der Waals surface area contributed by atoms with Crippen LogP contribution >= 0.6 is 0 Å². The summed E-state index contributed by atoms with van der Waals surface area (Å²) in [6.07, 6.45) is 6.35. The van der Waals surface area contributed by atoms with E-state index in [0.29, 0.717) is 30.4 Å². The Labute approximate surface area is 109 Å². The minimum absolute atomic E-state index is 0.380. The zero-order valence-electron chi connectivity index (χ0n) is 16.4. The SMILES string of the molecule is [2H]C(=C(C)CCC=C(C)CCC=C(C)C([2H])([2H])[2H])C([2H])([2H])O. The molecule has 0 rings (SSSR count). The van der Waals surface area contributed by atoms with Crippen molar-refractivity contribution in [2.75, 3.05) is 6.56 Å². The summed E-state index contributed by atoms with van der Waals surface area (Å²) in [7, 11) is 0. The lowest BCUT2D eigenvalue weighted by molar-refractivity contribution is 0.341. The molecule has 1 N–H and O–H groups in total. The molecule has 0 bridgehead atoms. The van der Waals surface area contributed by atoms with Gasteiger partial charge in [-0.1, -0.05) is 34.9 Å². The molecule has 0 fully saturated rings. The van der Waals surface area contributed by atoms with E-state index in [9.17, 15) is 0 Å². The van der Waals surface area contributed by atoms with Crippen LogP contribution < -0.4 is 0 Å². The lowest BCUT2D eigenvalue weighted by Crippen LogP contribution is -1.82. The Balaban J connectivity index is 4.38. The van der Waals surface area contributed by atoms with Gasteiger partial charge in [0.15, 0.2) is 0 Å². The quantitative estimate of drug-likeness (QED) is 0.640. The maximum atomic E-state index is 9.12. The first-order valence-corrected chi connectivity index (χ1v) is 5.57. The van der Waals surface area contributed by atoms with Gasteiger partial charge in [-0.15, -0.1) is 0 Å². The first-order valence-electron chi connectivity index (χ1n) is 8.57. The van der Waals surface area contributed by atoms with E-state index in [1.54, 1.807) is 19.9 Å². The van der Waals surface area contributed by atoms with E-state index in [1.807, 2.05) is 13.0 Å². The molecule has 0 aliphatic heterocycles. The summed E-state index contributed by atoms with van der Waals surface area (Å²) in [5, 5.41) is 9.12. The van der Waals surface area contributed by atoms with E-state index in [0.717, 1.165) is 12.0 Å². The van der Waals surface area contributed by atoms with Gasteiger partial charge in [-0.2, -0.15) is 0 Å². The fraction of sp³-hybridized carbons (Fsp3) is 0.600. The van der Waals surface area contributed by atoms with Crippen LogP contribution in [0.4, 0.5) is 0 Å². The van der Waals surface area contributed by atoms with Crippen LogP contribution in [-0.2, 0) is 0 Å². The molecule has 1 nitrogen and oxygen atoms in total. The average molecular weight is 228 g/mol. The van der Waals surface area contributed by atoms with Gasteiger partial charge in [-0.05, 0) is 53.3 Å². The molecule has 0 saturated carbocycles. The summed E-state index contributed by atoms with van der Waals surface area (Å²) < 4.78 is 43.4. The lowest BCUT2D eigenvalue weighted by atomic mass is 10.1. The number of hydrogen-bond acceptors (Lipinski definition) is 1. The molecule has 0 aliphatic carbocycles. The monoisotopic (exact) mass is 228 g/mol. The van der Waals surface area contributed by atoms with Crippen LogP contribution in [-0.4, -0.2) is 11.7 Å². The zero-order chi connectivity index (χ0) is 17.6. The second-order valence-electron chi connectivity index (χ2n) is 4.03. The molecule has 0 amide bonds. The van der Waals surface area contributed by atoms with Crippen molar-refractivity contribution in [2.45, 2.75) is 53.3 Å². The average Bonchev–Trinajstić information content (AvgIpc) is 2.35. The van der Waals surface area contributed by atoms with Crippen LogP contribution in [0.2, 0.25) is 0 Å². The highest BCUT2D eigenvalue weighted by Gasteiger charge is 1.91. The van der Waals surface area contributed by atoms with Gasteiger partial charge in [0.25, 0.3) is 0 Å². The summed E-state index contributed by atoms with van der Waals surface area (Å²) in [6, 6.07) is -0.380. The summed E-state index contributed by atoms with van der Waals surface area (Å²) >= 11 is 0. The van der Waals surface area contributed by atoms with Gasteiger partial charge in [0.1, 0.15) is 0 Å². The van der Waals surface area contributed by atoms with Gasteiger partial charge in [-0.3, -0.25) is 0 Å². The van der Waals surface area contributed by atoms with Crippen LogP contribution in [0, 0.1) is 0 Å². The van der Waals surface area contributed by atoms with Crippen molar-refractivity contribution in [1.29, 1.82) is 0 Å². The Hall–Kier alpha value is -0.820. The third-order valence-corrected chi connectivity index (χ3v) is 2.27. The Bertz CT molecular complexity index is 452. The molecule has 0 radical (unpaired) electrons. The summed E-state index contributed by atoms with van der Waals surface area (Å²) in [5.41, 5.74) is 2.05. The highest BCUT2D eigenvalue weighted by Crippen LogP contribution is 2.10. The minimum Gasteiger partial charge on any atom is -0.392 e. The van der Waals surface area contributed by atoms with Crippen molar-refractivity contribution in [2.24, 2.45) is 0 Å². The second kappa shape index (κ2) is 9.41. The van der Waals surface area contributed by atoms with Gasteiger partial charge in [0, 0.05) is 4.11 Å². The summed E-state index contributed by atoms with van der Waals surface area (Å²) in [5.74, 6) is 0. The number of hydrogen-bond donors (Lipinski definition) is 1. The highest BCUT2D eigenvalue weighted by atomic mass is 16.2.